The summed E-state index contributed by atoms with van der Waals surface area (Å²) in [6.07, 6.45) is 8.92. The predicted octanol–water partition coefficient (Wildman–Crippen LogP) is 2.33. The predicted molar refractivity (Wildman–Crippen MR) is 98.7 cm³/mol. The molecule has 0 aromatic rings. The second-order valence-electron chi connectivity index (χ2n) is 6.13. The van der Waals surface area contributed by atoms with Gasteiger partial charge in [-0.15, -0.1) is 0 Å². The number of hydrogen-bond acceptors (Lipinski definition) is 4. The first-order chi connectivity index (χ1) is 11.9. The van der Waals surface area contributed by atoms with Crippen molar-refractivity contribution in [1.29, 1.82) is 0 Å². The Kier molecular flexibility index (Phi) is 13.8. The highest BCUT2D eigenvalue weighted by Gasteiger charge is 2.14. The highest BCUT2D eigenvalue weighted by molar-refractivity contribution is 5.79. The van der Waals surface area contributed by atoms with Gasteiger partial charge in [0, 0.05) is 33.4 Å². The number of nitrogens with zero attached hydrogens (tertiary/aromatic N) is 1. The lowest BCUT2D eigenvalue weighted by Crippen LogP contribution is -2.39. The standard InChI is InChI=1S/C18H37N3O3/c1-3-4-12-22-15-16-23-14-11-21-18(19-2)20-10-7-13-24-17-8-5-6-9-17/h17H,3-16H2,1-2H3,(H2,19,20,21). The normalized spacial score (nSPS) is 15.8. The highest BCUT2D eigenvalue weighted by Crippen LogP contribution is 2.20. The lowest BCUT2D eigenvalue weighted by atomic mass is 10.3. The highest BCUT2D eigenvalue weighted by atomic mass is 16.5. The van der Waals surface area contributed by atoms with Crippen molar-refractivity contribution < 1.29 is 14.2 Å². The van der Waals surface area contributed by atoms with Gasteiger partial charge in [-0.25, -0.2) is 0 Å². The van der Waals surface area contributed by atoms with Crippen LogP contribution >= 0.6 is 0 Å². The van der Waals surface area contributed by atoms with Gasteiger partial charge >= 0.3 is 0 Å². The number of unbranched alkanes of at least 4 members (excludes halogenated alkanes) is 1. The van der Waals surface area contributed by atoms with Gasteiger partial charge in [0.1, 0.15) is 0 Å². The van der Waals surface area contributed by atoms with Gasteiger partial charge in [0.25, 0.3) is 0 Å². The molecule has 0 radical (unpaired) electrons. The average Bonchev–Trinajstić information content (AvgIpc) is 3.11. The maximum absolute atomic E-state index is 5.85. The van der Waals surface area contributed by atoms with Crippen LogP contribution in [0, 0.1) is 0 Å². The molecular formula is C18H37N3O3. The van der Waals surface area contributed by atoms with Crippen LogP contribution in [-0.2, 0) is 14.2 Å². The zero-order valence-corrected chi connectivity index (χ0v) is 15.6. The summed E-state index contributed by atoms with van der Waals surface area (Å²) in [6.45, 7) is 7.42. The quantitative estimate of drug-likeness (QED) is 0.288. The van der Waals surface area contributed by atoms with E-state index in [4.69, 9.17) is 14.2 Å². The van der Waals surface area contributed by atoms with Crippen molar-refractivity contribution in [2.45, 2.75) is 58.0 Å². The fraction of sp³-hybridized carbons (Fsp3) is 0.944. The van der Waals surface area contributed by atoms with Crippen molar-refractivity contribution in [2.75, 3.05) is 53.2 Å². The Labute approximate surface area is 147 Å². The molecule has 0 spiro atoms. The van der Waals surface area contributed by atoms with Gasteiger partial charge in [0.05, 0.1) is 25.9 Å². The van der Waals surface area contributed by atoms with Gasteiger partial charge in [-0.2, -0.15) is 0 Å². The summed E-state index contributed by atoms with van der Waals surface area (Å²) in [7, 11) is 1.78. The molecule has 2 N–H and O–H groups in total. The molecule has 0 amide bonds. The van der Waals surface area contributed by atoms with Crippen molar-refractivity contribution in [3.63, 3.8) is 0 Å². The lowest BCUT2D eigenvalue weighted by Gasteiger charge is -2.13. The first kappa shape index (κ1) is 21.2. The van der Waals surface area contributed by atoms with E-state index in [0.29, 0.717) is 25.9 Å². The second-order valence-corrected chi connectivity index (χ2v) is 6.13. The van der Waals surface area contributed by atoms with E-state index in [9.17, 15) is 0 Å². The van der Waals surface area contributed by atoms with Crippen LogP contribution in [-0.4, -0.2) is 65.2 Å². The maximum Gasteiger partial charge on any atom is 0.191 e. The van der Waals surface area contributed by atoms with Crippen molar-refractivity contribution in [3.05, 3.63) is 0 Å². The van der Waals surface area contributed by atoms with E-state index in [1.165, 1.54) is 32.1 Å². The molecule has 0 aromatic carbocycles. The van der Waals surface area contributed by atoms with Crippen molar-refractivity contribution >= 4 is 5.96 Å². The van der Waals surface area contributed by atoms with E-state index in [1.807, 2.05) is 0 Å². The van der Waals surface area contributed by atoms with Crippen molar-refractivity contribution in [3.8, 4) is 0 Å². The molecule has 1 aliphatic rings. The number of rotatable bonds is 14. The number of ether oxygens (including phenoxy) is 3. The minimum atomic E-state index is 0.505. The number of nitrogens with one attached hydrogen (secondary N) is 2. The summed E-state index contributed by atoms with van der Waals surface area (Å²) >= 11 is 0. The fourth-order valence-corrected chi connectivity index (χ4v) is 2.61. The molecule has 142 valence electrons. The first-order valence-corrected chi connectivity index (χ1v) is 9.58. The van der Waals surface area contributed by atoms with Crippen LogP contribution in [0.15, 0.2) is 4.99 Å². The molecule has 1 aliphatic carbocycles. The number of aliphatic imine (C=N–C) groups is 1. The molecule has 0 saturated heterocycles. The molecule has 0 aromatic heterocycles. The Morgan fingerprint density at radius 1 is 0.917 bits per heavy atom. The second kappa shape index (κ2) is 15.7. The third kappa shape index (κ3) is 11.6. The number of hydrogen-bond donors (Lipinski definition) is 2. The van der Waals surface area contributed by atoms with Crippen LogP contribution in [0.3, 0.4) is 0 Å². The summed E-state index contributed by atoms with van der Waals surface area (Å²) in [5.74, 6) is 0.818. The molecule has 0 bridgehead atoms. The SMILES string of the molecule is CCCCOCCOCCNC(=NC)NCCCOC1CCCC1. The summed E-state index contributed by atoms with van der Waals surface area (Å²) in [5, 5.41) is 6.54. The Morgan fingerprint density at radius 3 is 2.33 bits per heavy atom. The van der Waals surface area contributed by atoms with Crippen LogP contribution in [0.25, 0.3) is 0 Å². The molecule has 24 heavy (non-hydrogen) atoms. The molecule has 1 fully saturated rings. The minimum Gasteiger partial charge on any atom is -0.379 e. The zero-order chi connectivity index (χ0) is 17.3. The van der Waals surface area contributed by atoms with E-state index < -0.39 is 0 Å². The van der Waals surface area contributed by atoms with Gasteiger partial charge in [0.15, 0.2) is 5.96 Å². The molecule has 0 atom stereocenters. The van der Waals surface area contributed by atoms with E-state index in [1.54, 1.807) is 7.05 Å². The maximum atomic E-state index is 5.85. The fourth-order valence-electron chi connectivity index (χ4n) is 2.61. The van der Waals surface area contributed by atoms with E-state index >= 15 is 0 Å². The summed E-state index contributed by atoms with van der Waals surface area (Å²) in [4.78, 5) is 4.20. The van der Waals surface area contributed by atoms with Gasteiger partial charge < -0.3 is 24.8 Å². The smallest absolute Gasteiger partial charge is 0.191 e. The van der Waals surface area contributed by atoms with Crippen LogP contribution in [0.1, 0.15) is 51.9 Å². The molecule has 0 aliphatic heterocycles. The molecule has 0 unspecified atom stereocenters. The monoisotopic (exact) mass is 343 g/mol. The van der Waals surface area contributed by atoms with E-state index in [2.05, 4.69) is 22.5 Å². The van der Waals surface area contributed by atoms with Gasteiger partial charge in [-0.3, -0.25) is 4.99 Å². The Bertz CT molecular complexity index is 308. The summed E-state index contributed by atoms with van der Waals surface area (Å²) in [5.41, 5.74) is 0. The van der Waals surface area contributed by atoms with Crippen LogP contribution in [0.4, 0.5) is 0 Å². The topological polar surface area (TPSA) is 64.1 Å². The van der Waals surface area contributed by atoms with Crippen LogP contribution in [0.2, 0.25) is 0 Å². The minimum absolute atomic E-state index is 0.505. The Balaban J connectivity index is 1.85. The lowest BCUT2D eigenvalue weighted by molar-refractivity contribution is 0.0487. The van der Waals surface area contributed by atoms with E-state index in [-0.39, 0.29) is 0 Å². The van der Waals surface area contributed by atoms with Gasteiger partial charge in [-0.1, -0.05) is 26.2 Å². The third-order valence-electron chi connectivity index (χ3n) is 4.05. The van der Waals surface area contributed by atoms with Gasteiger partial charge in [-0.05, 0) is 25.7 Å². The molecule has 1 rings (SSSR count). The van der Waals surface area contributed by atoms with Crippen molar-refractivity contribution in [2.24, 2.45) is 4.99 Å². The Morgan fingerprint density at radius 2 is 1.62 bits per heavy atom. The van der Waals surface area contributed by atoms with E-state index in [0.717, 1.165) is 45.1 Å². The Hall–Kier alpha value is -0.850. The first-order valence-electron chi connectivity index (χ1n) is 9.58. The zero-order valence-electron chi connectivity index (χ0n) is 15.6. The average molecular weight is 344 g/mol. The third-order valence-corrected chi connectivity index (χ3v) is 4.05. The van der Waals surface area contributed by atoms with Crippen LogP contribution in [0.5, 0.6) is 0 Å². The van der Waals surface area contributed by atoms with Gasteiger partial charge in [0.2, 0.25) is 0 Å². The molecule has 1 saturated carbocycles. The molecule has 6 heteroatoms. The summed E-state index contributed by atoms with van der Waals surface area (Å²) in [6, 6.07) is 0. The largest absolute Gasteiger partial charge is 0.379 e. The molecule has 6 nitrogen and oxygen atoms in total. The van der Waals surface area contributed by atoms with Crippen molar-refractivity contribution in [1.82, 2.24) is 10.6 Å². The molecule has 0 heterocycles. The summed E-state index contributed by atoms with van der Waals surface area (Å²) < 4.78 is 16.8. The molecular weight excluding hydrogens is 306 g/mol. The number of guanidine groups is 1. The van der Waals surface area contributed by atoms with Crippen LogP contribution < -0.4 is 10.6 Å².